The molecule has 4 rings (SSSR count). The van der Waals surface area contributed by atoms with Gasteiger partial charge in [-0.2, -0.15) is 13.2 Å². The molecule has 0 aliphatic heterocycles. The van der Waals surface area contributed by atoms with Crippen LogP contribution in [0.4, 0.5) is 40.1 Å². The first-order valence-corrected chi connectivity index (χ1v) is 16.0. The molecule has 2 heterocycles. The second-order valence-electron chi connectivity index (χ2n) is 13.6. The number of aromatic nitrogens is 2. The van der Waals surface area contributed by atoms with Gasteiger partial charge in [0.1, 0.15) is 22.8 Å². The number of nitrogens with zero attached hydrogens (tertiary/aromatic N) is 3. The smallest absolute Gasteiger partial charge is 0.416 e. The van der Waals surface area contributed by atoms with E-state index in [1.165, 1.54) is 23.2 Å². The van der Waals surface area contributed by atoms with Gasteiger partial charge >= 0.3 is 18.4 Å². The van der Waals surface area contributed by atoms with E-state index < -0.39 is 35.1 Å². The first-order chi connectivity index (χ1) is 22.9. The van der Waals surface area contributed by atoms with Crippen LogP contribution in [-0.4, -0.2) is 45.8 Å². The van der Waals surface area contributed by atoms with Crippen LogP contribution in [0.15, 0.2) is 66.4 Å². The number of ether oxygens (including phenoxy) is 2. The molecule has 1 aliphatic carbocycles. The summed E-state index contributed by atoms with van der Waals surface area (Å²) in [6, 6.07) is 13.2. The van der Waals surface area contributed by atoms with Crippen LogP contribution < -0.4 is 15.5 Å². The predicted octanol–water partition coefficient (Wildman–Crippen LogP) is 8.79. The van der Waals surface area contributed by atoms with Gasteiger partial charge in [0.05, 0.1) is 17.4 Å². The maximum atomic E-state index is 13.4. The number of rotatable bonds is 8. The van der Waals surface area contributed by atoms with E-state index in [4.69, 9.17) is 9.47 Å². The standard InChI is InChI=1S/C36H42F3N5O5/c1-34(2,3)48-32(46)43-29-13-9-10-25(41-29)20-21-44(33(47)49-35(4,5)6)30-19-18-26(22-40-30)42-31(45)28-12-8-7-11-27(28)23-14-16-24(17-15-23)36(37,38)39/h9-10,13-19,22H,7-8,11-12,20-21H2,1-6H3,(H,42,45)(H,41,43,46). The third kappa shape index (κ3) is 11.0. The van der Waals surface area contributed by atoms with E-state index in [1.54, 1.807) is 71.9 Å². The molecule has 0 bridgehead atoms. The van der Waals surface area contributed by atoms with Crippen molar-refractivity contribution in [3.8, 4) is 0 Å². The average molecular weight is 682 g/mol. The van der Waals surface area contributed by atoms with Crippen LogP contribution in [0.25, 0.3) is 5.57 Å². The van der Waals surface area contributed by atoms with Gasteiger partial charge in [0.2, 0.25) is 0 Å². The number of halogens is 3. The van der Waals surface area contributed by atoms with Gasteiger partial charge in [-0.25, -0.2) is 19.6 Å². The number of nitrogens with one attached hydrogen (secondary N) is 2. The minimum absolute atomic E-state index is 0.139. The molecule has 0 saturated heterocycles. The van der Waals surface area contributed by atoms with E-state index in [0.717, 1.165) is 30.5 Å². The third-order valence-corrected chi connectivity index (χ3v) is 7.23. The lowest BCUT2D eigenvalue weighted by molar-refractivity contribution is -0.137. The fourth-order valence-corrected chi connectivity index (χ4v) is 5.10. The molecule has 2 aromatic heterocycles. The Kier molecular flexibility index (Phi) is 11.4. The fourth-order valence-electron chi connectivity index (χ4n) is 5.10. The van der Waals surface area contributed by atoms with E-state index in [-0.39, 0.29) is 18.3 Å². The third-order valence-electron chi connectivity index (χ3n) is 7.23. The lowest BCUT2D eigenvalue weighted by Gasteiger charge is -2.27. The highest BCUT2D eigenvalue weighted by atomic mass is 19.4. The summed E-state index contributed by atoms with van der Waals surface area (Å²) in [6.45, 7) is 10.7. The van der Waals surface area contributed by atoms with Crippen LogP contribution in [0.1, 0.15) is 84.0 Å². The highest BCUT2D eigenvalue weighted by molar-refractivity contribution is 6.09. The predicted molar refractivity (Wildman–Crippen MR) is 181 cm³/mol. The molecule has 262 valence electrons. The molecule has 1 aliphatic rings. The van der Waals surface area contributed by atoms with Gasteiger partial charge < -0.3 is 14.8 Å². The highest BCUT2D eigenvalue weighted by Crippen LogP contribution is 2.35. The number of benzene rings is 1. The molecular weight excluding hydrogens is 639 g/mol. The van der Waals surface area contributed by atoms with Crippen molar-refractivity contribution >= 4 is 41.0 Å². The maximum absolute atomic E-state index is 13.4. The van der Waals surface area contributed by atoms with Crippen molar-refractivity contribution in [2.45, 2.75) is 91.0 Å². The Morgan fingerprint density at radius 2 is 1.51 bits per heavy atom. The normalized spacial score (nSPS) is 13.8. The number of hydrogen-bond donors (Lipinski definition) is 2. The van der Waals surface area contributed by atoms with Gasteiger partial charge in [-0.3, -0.25) is 15.0 Å². The van der Waals surface area contributed by atoms with E-state index in [2.05, 4.69) is 20.6 Å². The van der Waals surface area contributed by atoms with Crippen molar-refractivity contribution in [2.75, 3.05) is 22.1 Å². The molecule has 0 radical (unpaired) electrons. The molecule has 0 atom stereocenters. The Balaban J connectivity index is 1.49. The molecular formula is C36H42F3N5O5. The fraction of sp³-hybridized carbons (Fsp3) is 0.417. The van der Waals surface area contributed by atoms with E-state index in [9.17, 15) is 27.6 Å². The summed E-state index contributed by atoms with van der Waals surface area (Å²) in [5.41, 5.74) is 0.591. The zero-order valence-electron chi connectivity index (χ0n) is 28.5. The van der Waals surface area contributed by atoms with Crippen molar-refractivity contribution in [2.24, 2.45) is 0 Å². The minimum Gasteiger partial charge on any atom is -0.444 e. The van der Waals surface area contributed by atoms with Gasteiger partial charge in [0, 0.05) is 24.2 Å². The number of pyridine rings is 2. The Bertz CT molecular complexity index is 1680. The Morgan fingerprint density at radius 3 is 2.12 bits per heavy atom. The first-order valence-electron chi connectivity index (χ1n) is 16.0. The molecule has 0 saturated carbocycles. The highest BCUT2D eigenvalue weighted by Gasteiger charge is 2.31. The van der Waals surface area contributed by atoms with Crippen LogP contribution in [0.3, 0.4) is 0 Å². The summed E-state index contributed by atoms with van der Waals surface area (Å²) in [6.07, 6.45) is -1.32. The largest absolute Gasteiger partial charge is 0.444 e. The second kappa shape index (κ2) is 15.1. The molecule has 0 unspecified atom stereocenters. The number of carbonyl (C=O) groups is 3. The Labute approximate surface area is 284 Å². The molecule has 49 heavy (non-hydrogen) atoms. The molecule has 2 N–H and O–H groups in total. The molecule has 1 aromatic carbocycles. The summed E-state index contributed by atoms with van der Waals surface area (Å²) in [4.78, 5) is 49.1. The zero-order valence-corrected chi connectivity index (χ0v) is 28.5. The number of carbonyl (C=O) groups excluding carboxylic acids is 3. The SMILES string of the molecule is CC(C)(C)OC(=O)Nc1cccc(CCN(C(=O)OC(C)(C)C)c2ccc(NC(=O)C3=C(c4ccc(C(F)(F)F)cc4)CCCC3)cn2)n1. The number of anilines is 3. The maximum Gasteiger partial charge on any atom is 0.416 e. The summed E-state index contributed by atoms with van der Waals surface area (Å²) in [5, 5.41) is 5.45. The first kappa shape index (κ1) is 36.9. The molecule has 13 heteroatoms. The molecule has 0 fully saturated rings. The number of allylic oxidation sites excluding steroid dienone is 1. The second-order valence-corrected chi connectivity index (χ2v) is 13.6. The van der Waals surface area contributed by atoms with Crippen LogP contribution in [0.2, 0.25) is 0 Å². The minimum atomic E-state index is -4.44. The van der Waals surface area contributed by atoms with Crippen LogP contribution >= 0.6 is 0 Å². The van der Waals surface area contributed by atoms with E-state index in [1.807, 2.05) is 0 Å². The Hall–Kier alpha value is -4.94. The number of hydrogen-bond acceptors (Lipinski definition) is 7. The number of amides is 3. The van der Waals surface area contributed by atoms with Crippen molar-refractivity contribution in [3.63, 3.8) is 0 Å². The van der Waals surface area contributed by atoms with Gasteiger partial charge in [-0.15, -0.1) is 0 Å². The van der Waals surface area contributed by atoms with E-state index >= 15 is 0 Å². The molecule has 0 spiro atoms. The lowest BCUT2D eigenvalue weighted by Crippen LogP contribution is -2.38. The summed E-state index contributed by atoms with van der Waals surface area (Å²) >= 11 is 0. The van der Waals surface area contributed by atoms with Gasteiger partial charge in [0.25, 0.3) is 5.91 Å². The molecule has 10 nitrogen and oxygen atoms in total. The van der Waals surface area contributed by atoms with Gasteiger partial charge in [0.15, 0.2) is 0 Å². The van der Waals surface area contributed by atoms with Crippen molar-refractivity contribution in [1.82, 2.24) is 9.97 Å². The van der Waals surface area contributed by atoms with Crippen molar-refractivity contribution < 1.29 is 37.0 Å². The summed E-state index contributed by atoms with van der Waals surface area (Å²) in [5.74, 6) is 0.208. The number of alkyl halides is 3. The van der Waals surface area contributed by atoms with E-state index in [0.29, 0.717) is 47.6 Å². The van der Waals surface area contributed by atoms with Crippen molar-refractivity contribution in [1.29, 1.82) is 0 Å². The summed E-state index contributed by atoms with van der Waals surface area (Å²) < 4.78 is 50.2. The monoisotopic (exact) mass is 681 g/mol. The molecule has 3 amide bonds. The topological polar surface area (TPSA) is 123 Å². The lowest BCUT2D eigenvalue weighted by atomic mass is 9.86. The quantitative estimate of drug-likeness (QED) is 0.244. The molecule has 3 aromatic rings. The Morgan fingerprint density at radius 1 is 0.837 bits per heavy atom. The van der Waals surface area contributed by atoms with Gasteiger partial charge in [-0.1, -0.05) is 18.2 Å². The average Bonchev–Trinajstić information content (AvgIpc) is 3.00. The van der Waals surface area contributed by atoms with Crippen LogP contribution in [0.5, 0.6) is 0 Å². The van der Waals surface area contributed by atoms with Crippen LogP contribution in [0, 0.1) is 0 Å². The van der Waals surface area contributed by atoms with Crippen molar-refractivity contribution in [3.05, 3.63) is 83.2 Å². The van der Waals surface area contributed by atoms with Gasteiger partial charge in [-0.05, 0) is 115 Å². The summed E-state index contributed by atoms with van der Waals surface area (Å²) in [7, 11) is 0. The zero-order chi connectivity index (χ0) is 36.0. The van der Waals surface area contributed by atoms with Crippen LogP contribution in [-0.2, 0) is 26.9 Å².